The van der Waals surface area contributed by atoms with Crippen molar-refractivity contribution < 1.29 is 47.9 Å². The van der Waals surface area contributed by atoms with Gasteiger partial charge >= 0.3 is 29.6 Å². The van der Waals surface area contributed by atoms with Gasteiger partial charge in [0.2, 0.25) is 10.0 Å². The van der Waals surface area contributed by atoms with E-state index < -0.39 is 16.0 Å². The van der Waals surface area contributed by atoms with Gasteiger partial charge in [0.25, 0.3) is 0 Å². The summed E-state index contributed by atoms with van der Waals surface area (Å²) in [5.74, 6) is 0.595. The van der Waals surface area contributed by atoms with Crippen molar-refractivity contribution in [3.05, 3.63) is 42.5 Å². The first-order valence-electron chi connectivity index (χ1n) is 8.89. The molecule has 4 atom stereocenters. The van der Waals surface area contributed by atoms with Crippen LogP contribution in [-0.4, -0.2) is 20.4 Å². The standard InChI is InChI=1S/C19H25NO4S.Na/c21-19(22)11-7-2-1-6-10-16-17-12-14(17)13-18(16)20-25(23,24)15-8-4-3-5-9-15;/h1,3-6,8-9,14,16-18,20H,2,7,10-13H2,(H,21,22);/q;+1/p-1/b6-1-;/t14-,16-,17-,18+;/m0./s1. The summed E-state index contributed by atoms with van der Waals surface area (Å²) in [6.45, 7) is 0. The molecule has 1 N–H and O–H groups in total. The molecule has 136 valence electrons. The van der Waals surface area contributed by atoms with Crippen LogP contribution < -0.4 is 39.4 Å². The van der Waals surface area contributed by atoms with Crippen LogP contribution in [-0.2, 0) is 14.8 Å². The third-order valence-electron chi connectivity index (χ3n) is 5.29. The fraction of sp³-hybridized carbons (Fsp3) is 0.526. The van der Waals surface area contributed by atoms with Crippen LogP contribution in [0.5, 0.6) is 0 Å². The van der Waals surface area contributed by atoms with E-state index in [-0.39, 0.29) is 42.0 Å². The smallest absolute Gasteiger partial charge is 0.550 e. The van der Waals surface area contributed by atoms with Crippen LogP contribution in [0.1, 0.15) is 38.5 Å². The molecule has 5 nitrogen and oxygen atoms in total. The normalized spacial score (nSPS) is 27.1. The molecule has 2 fully saturated rings. The first-order valence-corrected chi connectivity index (χ1v) is 10.4. The van der Waals surface area contributed by atoms with E-state index in [0.717, 1.165) is 19.3 Å². The van der Waals surface area contributed by atoms with Gasteiger partial charge < -0.3 is 9.90 Å². The van der Waals surface area contributed by atoms with Gasteiger partial charge in [-0.15, -0.1) is 0 Å². The van der Waals surface area contributed by atoms with Gasteiger partial charge in [0, 0.05) is 12.0 Å². The number of benzene rings is 1. The number of sulfonamides is 1. The van der Waals surface area contributed by atoms with E-state index in [1.807, 2.05) is 6.08 Å². The van der Waals surface area contributed by atoms with Crippen molar-refractivity contribution in [3.8, 4) is 0 Å². The summed E-state index contributed by atoms with van der Waals surface area (Å²) in [4.78, 5) is 10.7. The minimum atomic E-state index is -3.47. The third kappa shape index (κ3) is 5.67. The predicted molar refractivity (Wildman–Crippen MR) is 92.9 cm³/mol. The van der Waals surface area contributed by atoms with Gasteiger partial charge in [-0.05, 0) is 68.4 Å². The summed E-state index contributed by atoms with van der Waals surface area (Å²) in [5, 5.41) is 10.4. The van der Waals surface area contributed by atoms with Gasteiger partial charge in [-0.2, -0.15) is 0 Å². The Kier molecular flexibility index (Phi) is 7.91. The Morgan fingerprint density at radius 2 is 1.92 bits per heavy atom. The molecule has 2 aliphatic rings. The van der Waals surface area contributed by atoms with Crippen molar-refractivity contribution >= 4 is 16.0 Å². The number of carboxylic acid groups (broad SMARTS) is 1. The molecule has 1 aromatic carbocycles. The molecular formula is C19H24NNaO4S. The maximum Gasteiger partial charge on any atom is 1.00 e. The topological polar surface area (TPSA) is 86.3 Å². The summed E-state index contributed by atoms with van der Waals surface area (Å²) < 4.78 is 28.0. The Morgan fingerprint density at radius 1 is 1.19 bits per heavy atom. The van der Waals surface area contributed by atoms with E-state index >= 15 is 0 Å². The van der Waals surface area contributed by atoms with Gasteiger partial charge in [-0.1, -0.05) is 30.4 Å². The molecule has 1 aromatic rings. The van der Waals surface area contributed by atoms with Crippen LogP contribution in [0.4, 0.5) is 0 Å². The molecule has 0 aromatic heterocycles. The second-order valence-electron chi connectivity index (χ2n) is 7.07. The number of allylic oxidation sites excluding steroid dienone is 2. The van der Waals surface area contributed by atoms with Crippen molar-refractivity contribution in [2.45, 2.75) is 49.5 Å². The van der Waals surface area contributed by atoms with Crippen LogP contribution in [0.15, 0.2) is 47.4 Å². The number of aliphatic carboxylic acids is 1. The van der Waals surface area contributed by atoms with Crippen LogP contribution in [0, 0.1) is 17.8 Å². The van der Waals surface area contributed by atoms with Crippen LogP contribution >= 0.6 is 0 Å². The van der Waals surface area contributed by atoms with Gasteiger partial charge in [-0.25, -0.2) is 13.1 Å². The summed E-state index contributed by atoms with van der Waals surface area (Å²) >= 11 is 0. The maximum absolute atomic E-state index is 12.5. The molecule has 3 rings (SSSR count). The number of unbranched alkanes of at least 4 members (excludes halogenated alkanes) is 1. The molecular weight excluding hydrogens is 361 g/mol. The average Bonchev–Trinajstić information content (AvgIpc) is 3.25. The zero-order chi connectivity index (χ0) is 17.9. The Morgan fingerprint density at radius 3 is 2.62 bits per heavy atom. The SMILES string of the molecule is O=C([O-])CCC/C=C\C[C@H]1[C@H]2C[C@H]2C[C@H]1NS(=O)(=O)c1ccccc1.[Na+]. The molecule has 0 aliphatic heterocycles. The predicted octanol–water partition coefficient (Wildman–Crippen LogP) is -1.14. The second kappa shape index (κ2) is 9.51. The van der Waals surface area contributed by atoms with Crippen molar-refractivity contribution in [1.29, 1.82) is 0 Å². The molecule has 2 saturated carbocycles. The average molecular weight is 385 g/mol. The van der Waals surface area contributed by atoms with Gasteiger partial charge in [0.15, 0.2) is 0 Å². The summed E-state index contributed by atoms with van der Waals surface area (Å²) in [6, 6.07) is 8.48. The Labute approximate surface area is 177 Å². The summed E-state index contributed by atoms with van der Waals surface area (Å²) in [6.07, 6.45) is 8.42. The third-order valence-corrected chi connectivity index (χ3v) is 6.79. The fourth-order valence-corrected chi connectivity index (χ4v) is 5.26. The molecule has 0 spiro atoms. The number of hydrogen-bond donors (Lipinski definition) is 1. The van der Waals surface area contributed by atoms with Crippen LogP contribution in [0.3, 0.4) is 0 Å². The largest absolute Gasteiger partial charge is 1.00 e. The number of rotatable bonds is 9. The number of hydrogen-bond acceptors (Lipinski definition) is 4. The number of carboxylic acids is 1. The number of nitrogens with one attached hydrogen (secondary N) is 1. The second-order valence-corrected chi connectivity index (χ2v) is 8.79. The Bertz CT molecular complexity index is 735. The van der Waals surface area contributed by atoms with Crippen molar-refractivity contribution in [1.82, 2.24) is 4.72 Å². The quantitative estimate of drug-likeness (QED) is 0.331. The molecule has 26 heavy (non-hydrogen) atoms. The summed E-state index contributed by atoms with van der Waals surface area (Å²) in [5.41, 5.74) is 0. The monoisotopic (exact) mass is 385 g/mol. The van der Waals surface area contributed by atoms with Gasteiger partial charge in [0.1, 0.15) is 0 Å². The van der Waals surface area contributed by atoms with Crippen molar-refractivity contribution in [2.24, 2.45) is 17.8 Å². The van der Waals surface area contributed by atoms with Gasteiger partial charge in [0.05, 0.1) is 4.90 Å². The van der Waals surface area contributed by atoms with Crippen molar-refractivity contribution in [2.75, 3.05) is 0 Å². The Hall–Kier alpha value is -0.660. The molecule has 0 saturated heterocycles. The van der Waals surface area contributed by atoms with E-state index in [4.69, 9.17) is 0 Å². The van der Waals surface area contributed by atoms with E-state index in [1.54, 1.807) is 30.3 Å². The zero-order valence-corrected chi connectivity index (χ0v) is 18.0. The molecule has 0 unspecified atom stereocenters. The maximum atomic E-state index is 12.5. The fourth-order valence-electron chi connectivity index (χ4n) is 3.94. The number of fused-ring (bicyclic) bond motifs is 1. The van der Waals surface area contributed by atoms with E-state index in [2.05, 4.69) is 10.8 Å². The van der Waals surface area contributed by atoms with Gasteiger partial charge in [-0.3, -0.25) is 0 Å². The van der Waals surface area contributed by atoms with Crippen LogP contribution in [0.2, 0.25) is 0 Å². The summed E-state index contributed by atoms with van der Waals surface area (Å²) in [7, 11) is -3.47. The minimum Gasteiger partial charge on any atom is -0.550 e. The first-order chi connectivity index (χ1) is 12.0. The van der Waals surface area contributed by atoms with E-state index in [1.165, 1.54) is 6.42 Å². The molecule has 0 bridgehead atoms. The van der Waals surface area contributed by atoms with E-state index in [9.17, 15) is 18.3 Å². The Balaban J connectivity index is 0.00000243. The molecule has 0 radical (unpaired) electrons. The zero-order valence-electron chi connectivity index (χ0n) is 15.1. The minimum absolute atomic E-state index is 0. The van der Waals surface area contributed by atoms with Crippen molar-refractivity contribution in [3.63, 3.8) is 0 Å². The van der Waals surface area contributed by atoms with Crippen LogP contribution in [0.25, 0.3) is 0 Å². The molecule has 0 heterocycles. The molecule has 0 amide bonds. The number of carbonyl (C=O) groups excluding carboxylic acids is 1. The molecule has 7 heteroatoms. The first kappa shape index (κ1) is 21.6. The molecule has 2 aliphatic carbocycles. The van der Waals surface area contributed by atoms with E-state index in [0.29, 0.717) is 29.1 Å². The number of carbonyl (C=O) groups is 1.